The zero-order valence-corrected chi connectivity index (χ0v) is 18.2. The molecule has 2 aromatic carbocycles. The molecule has 158 valence electrons. The van der Waals surface area contributed by atoms with E-state index in [-0.39, 0.29) is 27.6 Å². The average molecular weight is 458 g/mol. The second-order valence-corrected chi connectivity index (χ2v) is 7.75. The number of nitrogens with one attached hydrogen (secondary N) is 1. The predicted molar refractivity (Wildman–Crippen MR) is 118 cm³/mol. The molecule has 9 heteroatoms. The maximum absolute atomic E-state index is 14.4. The van der Waals surface area contributed by atoms with Crippen LogP contribution in [0.25, 0.3) is 22.5 Å². The highest BCUT2D eigenvalue weighted by atomic mass is 35.5. The number of aryl methyl sites for hydroxylation is 1. The Morgan fingerprint density at radius 2 is 2.06 bits per heavy atom. The quantitative estimate of drug-likeness (QED) is 0.372. The van der Waals surface area contributed by atoms with Gasteiger partial charge in [-0.2, -0.15) is 0 Å². The number of carbonyl (C=O) groups is 1. The summed E-state index contributed by atoms with van der Waals surface area (Å²) in [6, 6.07) is 11.8. The molecule has 4 aromatic rings. The predicted octanol–water partition coefficient (Wildman–Crippen LogP) is 6.22. The Morgan fingerprint density at radius 3 is 2.84 bits per heavy atom. The Bertz CT molecular complexity index is 1230. The number of para-hydroxylation sites is 1. The summed E-state index contributed by atoms with van der Waals surface area (Å²) in [5.74, 6) is -0.171. The molecular weight excluding hydrogens is 441 g/mol. The van der Waals surface area contributed by atoms with Crippen molar-refractivity contribution < 1.29 is 18.4 Å². The molecule has 2 aromatic heterocycles. The third-order valence-corrected chi connectivity index (χ3v) is 5.55. The Morgan fingerprint density at radius 1 is 1.26 bits per heavy atom. The van der Waals surface area contributed by atoms with E-state index in [9.17, 15) is 9.18 Å². The highest BCUT2D eigenvalue weighted by Gasteiger charge is 2.26. The van der Waals surface area contributed by atoms with E-state index in [1.165, 1.54) is 29.5 Å². The van der Waals surface area contributed by atoms with Gasteiger partial charge in [-0.05, 0) is 38.1 Å². The number of ether oxygens (including phenoxy) is 1. The first-order valence-corrected chi connectivity index (χ1v) is 10.6. The van der Waals surface area contributed by atoms with Crippen LogP contribution in [-0.4, -0.2) is 22.7 Å². The molecule has 0 saturated heterocycles. The van der Waals surface area contributed by atoms with E-state index < -0.39 is 11.7 Å². The number of nitrogens with zero attached hydrogens (tertiary/aromatic N) is 2. The van der Waals surface area contributed by atoms with E-state index in [1.807, 2.05) is 36.6 Å². The Kier molecular flexibility index (Phi) is 6.01. The minimum Gasteiger partial charge on any atom is -0.493 e. The zero-order chi connectivity index (χ0) is 22.0. The van der Waals surface area contributed by atoms with E-state index in [2.05, 4.69) is 15.5 Å². The van der Waals surface area contributed by atoms with Crippen molar-refractivity contribution in [2.75, 3.05) is 11.9 Å². The van der Waals surface area contributed by atoms with Crippen LogP contribution in [0.15, 0.2) is 52.4 Å². The number of benzene rings is 2. The number of carbonyl (C=O) groups excluding carboxylic acids is 1. The summed E-state index contributed by atoms with van der Waals surface area (Å²) in [7, 11) is 0. The summed E-state index contributed by atoms with van der Waals surface area (Å²) in [5.41, 5.74) is 1.64. The van der Waals surface area contributed by atoms with Crippen LogP contribution in [-0.2, 0) is 0 Å². The Balaban J connectivity index is 1.64. The van der Waals surface area contributed by atoms with Crippen molar-refractivity contribution in [2.24, 2.45) is 0 Å². The first-order chi connectivity index (χ1) is 15.0. The highest BCUT2D eigenvalue weighted by Crippen LogP contribution is 2.35. The number of aromatic nitrogens is 2. The Hall–Kier alpha value is -3.23. The molecule has 0 unspecified atom stereocenters. The van der Waals surface area contributed by atoms with Gasteiger partial charge in [0.25, 0.3) is 5.91 Å². The normalized spacial score (nSPS) is 10.8. The van der Waals surface area contributed by atoms with Gasteiger partial charge in [0.1, 0.15) is 28.6 Å². The maximum Gasteiger partial charge on any atom is 0.263 e. The fourth-order valence-electron chi connectivity index (χ4n) is 3.11. The standard InChI is InChI=1S/C22H17ClFN3O3S/c1-3-29-17-10-5-4-7-13(17)16-11-31-22(25-16)26-21(28)18-12(2)30-27-20(18)19-14(23)8-6-9-15(19)24/h4-11H,3H2,1-2H3,(H,25,26,28). The van der Waals surface area contributed by atoms with Crippen molar-refractivity contribution in [3.05, 3.63) is 70.0 Å². The summed E-state index contributed by atoms with van der Waals surface area (Å²) >= 11 is 7.41. The molecule has 2 heterocycles. The number of thiazole rings is 1. The first-order valence-electron chi connectivity index (χ1n) is 9.39. The minimum absolute atomic E-state index is 0.0108. The van der Waals surface area contributed by atoms with Gasteiger partial charge in [-0.25, -0.2) is 9.37 Å². The summed E-state index contributed by atoms with van der Waals surface area (Å²) in [6.45, 7) is 4.01. The number of anilines is 1. The summed E-state index contributed by atoms with van der Waals surface area (Å²) in [5, 5.41) is 8.92. The zero-order valence-electron chi connectivity index (χ0n) is 16.6. The smallest absolute Gasteiger partial charge is 0.263 e. The van der Waals surface area contributed by atoms with Gasteiger partial charge in [-0.3, -0.25) is 10.1 Å². The van der Waals surface area contributed by atoms with E-state index in [1.54, 1.807) is 6.92 Å². The van der Waals surface area contributed by atoms with Crippen LogP contribution in [0.2, 0.25) is 5.02 Å². The number of rotatable bonds is 6. The van der Waals surface area contributed by atoms with Crippen LogP contribution in [0.5, 0.6) is 5.75 Å². The summed E-state index contributed by atoms with van der Waals surface area (Å²) in [4.78, 5) is 17.5. The second kappa shape index (κ2) is 8.87. The average Bonchev–Trinajstić information content (AvgIpc) is 3.35. The van der Waals surface area contributed by atoms with Gasteiger partial charge in [0.2, 0.25) is 0 Å². The van der Waals surface area contributed by atoms with Crippen LogP contribution in [0.1, 0.15) is 23.0 Å². The van der Waals surface area contributed by atoms with E-state index in [0.29, 0.717) is 23.2 Å². The molecule has 0 atom stereocenters. The SMILES string of the molecule is CCOc1ccccc1-c1csc(NC(=O)c2c(-c3c(F)cccc3Cl)noc2C)n1. The van der Waals surface area contributed by atoms with Crippen molar-refractivity contribution in [1.82, 2.24) is 10.1 Å². The van der Waals surface area contributed by atoms with E-state index >= 15 is 0 Å². The third-order valence-electron chi connectivity index (χ3n) is 4.48. The fraction of sp³-hybridized carbons (Fsp3) is 0.136. The van der Waals surface area contributed by atoms with Crippen molar-refractivity contribution >= 4 is 34.0 Å². The van der Waals surface area contributed by atoms with Gasteiger partial charge in [-0.15, -0.1) is 11.3 Å². The molecule has 31 heavy (non-hydrogen) atoms. The van der Waals surface area contributed by atoms with Crippen LogP contribution < -0.4 is 10.1 Å². The molecule has 0 aliphatic heterocycles. The molecular formula is C22H17ClFN3O3S. The lowest BCUT2D eigenvalue weighted by atomic mass is 10.1. The molecule has 1 N–H and O–H groups in total. The lowest BCUT2D eigenvalue weighted by Gasteiger charge is -2.07. The number of hydrogen-bond acceptors (Lipinski definition) is 6. The van der Waals surface area contributed by atoms with Crippen LogP contribution in [0, 0.1) is 12.7 Å². The number of amides is 1. The number of halogens is 2. The fourth-order valence-corrected chi connectivity index (χ4v) is 4.07. The molecule has 0 saturated carbocycles. The van der Waals surface area contributed by atoms with Crippen LogP contribution in [0.4, 0.5) is 9.52 Å². The van der Waals surface area contributed by atoms with Gasteiger partial charge in [0.05, 0.1) is 22.9 Å². The molecule has 0 aliphatic rings. The lowest BCUT2D eigenvalue weighted by molar-refractivity contribution is 0.102. The highest BCUT2D eigenvalue weighted by molar-refractivity contribution is 7.14. The van der Waals surface area contributed by atoms with Crippen LogP contribution >= 0.6 is 22.9 Å². The third kappa shape index (κ3) is 4.17. The van der Waals surface area contributed by atoms with Crippen molar-refractivity contribution in [3.63, 3.8) is 0 Å². The molecule has 1 amide bonds. The van der Waals surface area contributed by atoms with Gasteiger partial charge in [0.15, 0.2) is 5.13 Å². The van der Waals surface area contributed by atoms with Gasteiger partial charge >= 0.3 is 0 Å². The van der Waals surface area contributed by atoms with Gasteiger partial charge in [-0.1, -0.05) is 35.0 Å². The minimum atomic E-state index is -0.598. The van der Waals surface area contributed by atoms with Crippen molar-refractivity contribution in [3.8, 4) is 28.3 Å². The van der Waals surface area contributed by atoms with E-state index in [4.69, 9.17) is 20.9 Å². The molecule has 0 spiro atoms. The summed E-state index contributed by atoms with van der Waals surface area (Å²) in [6.07, 6.45) is 0. The topological polar surface area (TPSA) is 77.2 Å². The number of hydrogen-bond donors (Lipinski definition) is 1. The molecule has 4 rings (SSSR count). The lowest BCUT2D eigenvalue weighted by Crippen LogP contribution is -2.13. The molecule has 0 fully saturated rings. The van der Waals surface area contributed by atoms with Crippen LogP contribution in [0.3, 0.4) is 0 Å². The van der Waals surface area contributed by atoms with Crippen molar-refractivity contribution in [1.29, 1.82) is 0 Å². The second-order valence-electron chi connectivity index (χ2n) is 6.48. The van der Waals surface area contributed by atoms with Crippen molar-refractivity contribution in [2.45, 2.75) is 13.8 Å². The molecule has 0 radical (unpaired) electrons. The maximum atomic E-state index is 14.4. The monoisotopic (exact) mass is 457 g/mol. The molecule has 0 aliphatic carbocycles. The Labute approximate surface area is 186 Å². The first kappa shape index (κ1) is 21.0. The van der Waals surface area contributed by atoms with Gasteiger partial charge in [0, 0.05) is 10.9 Å². The van der Waals surface area contributed by atoms with E-state index in [0.717, 1.165) is 5.56 Å². The summed E-state index contributed by atoms with van der Waals surface area (Å²) < 4.78 is 25.2. The molecule has 0 bridgehead atoms. The molecule has 6 nitrogen and oxygen atoms in total. The largest absolute Gasteiger partial charge is 0.493 e. The van der Waals surface area contributed by atoms with Gasteiger partial charge < -0.3 is 9.26 Å².